The van der Waals surface area contributed by atoms with E-state index in [0.717, 1.165) is 36.1 Å². The molecule has 0 saturated carbocycles. The number of benzene rings is 2. The summed E-state index contributed by atoms with van der Waals surface area (Å²) in [5, 5.41) is 8.17. The molecule has 1 heterocycles. The zero-order valence-electron chi connectivity index (χ0n) is 13.4. The highest BCUT2D eigenvalue weighted by molar-refractivity contribution is 5.73. The van der Waals surface area contributed by atoms with Gasteiger partial charge in [0.05, 0.1) is 11.4 Å². The lowest BCUT2D eigenvalue weighted by molar-refractivity contribution is 0.111. The van der Waals surface area contributed by atoms with Gasteiger partial charge in [0.15, 0.2) is 6.29 Å². The summed E-state index contributed by atoms with van der Waals surface area (Å²) in [4.78, 5) is 11.3. The van der Waals surface area contributed by atoms with Crippen molar-refractivity contribution >= 4 is 6.29 Å². The number of hydrogen-bond donors (Lipinski definition) is 0. The molecule has 23 heavy (non-hydrogen) atoms. The van der Waals surface area contributed by atoms with E-state index in [9.17, 15) is 4.79 Å². The molecule has 0 aliphatic carbocycles. The molecular weight excluding hydrogens is 286 g/mol. The van der Waals surface area contributed by atoms with Gasteiger partial charge < -0.3 is 0 Å². The van der Waals surface area contributed by atoms with Gasteiger partial charge in [0.2, 0.25) is 0 Å². The third-order valence-corrected chi connectivity index (χ3v) is 3.92. The fourth-order valence-electron chi connectivity index (χ4n) is 2.62. The maximum absolute atomic E-state index is 11.3. The number of nitrogens with zero attached hydrogens (tertiary/aromatic N) is 3. The predicted molar refractivity (Wildman–Crippen MR) is 90.1 cm³/mol. The standard InChI is InChI=1S/C19H19N3O/c1-14-6-8-16(9-7-14)10-11-19-18(13-23)20-21-22(19)17-5-3-4-15(2)12-17/h3-9,12-13H,10-11H2,1-2H3. The van der Waals surface area contributed by atoms with Gasteiger partial charge >= 0.3 is 0 Å². The molecule has 0 spiro atoms. The van der Waals surface area contributed by atoms with Crippen molar-refractivity contribution in [2.24, 2.45) is 0 Å². The van der Waals surface area contributed by atoms with Gasteiger partial charge in [-0.25, -0.2) is 4.68 Å². The van der Waals surface area contributed by atoms with Crippen molar-refractivity contribution in [3.63, 3.8) is 0 Å². The van der Waals surface area contributed by atoms with Crippen molar-refractivity contribution in [3.05, 3.63) is 76.6 Å². The Bertz CT molecular complexity index is 819. The van der Waals surface area contributed by atoms with Crippen molar-refractivity contribution in [3.8, 4) is 5.69 Å². The molecule has 0 bridgehead atoms. The summed E-state index contributed by atoms with van der Waals surface area (Å²) in [6.45, 7) is 4.11. The Morgan fingerprint density at radius 2 is 1.78 bits per heavy atom. The second-order valence-corrected chi connectivity index (χ2v) is 5.78. The molecule has 2 aromatic carbocycles. The van der Waals surface area contributed by atoms with Crippen LogP contribution in [0.3, 0.4) is 0 Å². The zero-order valence-corrected chi connectivity index (χ0v) is 13.4. The summed E-state index contributed by atoms with van der Waals surface area (Å²) in [6.07, 6.45) is 2.35. The average Bonchev–Trinajstić information content (AvgIpc) is 2.97. The van der Waals surface area contributed by atoms with E-state index < -0.39 is 0 Å². The molecule has 0 saturated heterocycles. The van der Waals surface area contributed by atoms with E-state index in [0.29, 0.717) is 5.69 Å². The summed E-state index contributed by atoms with van der Waals surface area (Å²) in [7, 11) is 0. The highest BCUT2D eigenvalue weighted by atomic mass is 16.1. The van der Waals surface area contributed by atoms with Gasteiger partial charge in [-0.05, 0) is 49.9 Å². The third kappa shape index (κ3) is 3.37. The maximum atomic E-state index is 11.3. The highest BCUT2D eigenvalue weighted by Crippen LogP contribution is 2.16. The summed E-state index contributed by atoms with van der Waals surface area (Å²) in [5.41, 5.74) is 5.84. The summed E-state index contributed by atoms with van der Waals surface area (Å²) in [6, 6.07) is 16.5. The van der Waals surface area contributed by atoms with E-state index in [-0.39, 0.29) is 0 Å². The molecule has 0 atom stereocenters. The number of aromatic nitrogens is 3. The predicted octanol–water partition coefficient (Wildman–Crippen LogP) is 3.48. The van der Waals surface area contributed by atoms with Crippen LogP contribution in [0.25, 0.3) is 5.69 Å². The second-order valence-electron chi connectivity index (χ2n) is 5.78. The van der Waals surface area contributed by atoms with E-state index in [4.69, 9.17) is 0 Å². The Morgan fingerprint density at radius 3 is 2.48 bits per heavy atom. The molecule has 0 amide bonds. The van der Waals surface area contributed by atoms with Crippen molar-refractivity contribution in [1.82, 2.24) is 15.0 Å². The van der Waals surface area contributed by atoms with Crippen LogP contribution in [0, 0.1) is 13.8 Å². The number of carbonyl (C=O) groups is 1. The molecule has 0 radical (unpaired) electrons. The quantitative estimate of drug-likeness (QED) is 0.678. The molecule has 1 aromatic heterocycles. The Morgan fingerprint density at radius 1 is 1.00 bits per heavy atom. The van der Waals surface area contributed by atoms with Gasteiger partial charge in [0.25, 0.3) is 0 Å². The third-order valence-electron chi connectivity index (χ3n) is 3.92. The molecule has 0 N–H and O–H groups in total. The van der Waals surface area contributed by atoms with E-state index in [1.54, 1.807) is 4.68 Å². The van der Waals surface area contributed by atoms with Gasteiger partial charge in [-0.3, -0.25) is 4.79 Å². The van der Waals surface area contributed by atoms with Gasteiger partial charge in [0, 0.05) is 0 Å². The molecule has 4 nitrogen and oxygen atoms in total. The average molecular weight is 305 g/mol. The van der Waals surface area contributed by atoms with E-state index in [2.05, 4.69) is 41.5 Å². The molecule has 0 aliphatic rings. The molecule has 3 aromatic rings. The minimum Gasteiger partial charge on any atom is -0.296 e. The van der Waals surface area contributed by atoms with Crippen LogP contribution < -0.4 is 0 Å². The van der Waals surface area contributed by atoms with Gasteiger partial charge in [0.1, 0.15) is 5.69 Å². The number of hydrogen-bond acceptors (Lipinski definition) is 3. The molecule has 3 rings (SSSR count). The SMILES string of the molecule is Cc1ccc(CCc2c(C=O)nnn2-c2cccc(C)c2)cc1. The monoisotopic (exact) mass is 305 g/mol. The van der Waals surface area contributed by atoms with E-state index in [1.165, 1.54) is 11.1 Å². The Kier molecular flexibility index (Phi) is 4.33. The van der Waals surface area contributed by atoms with Crippen LogP contribution in [0.2, 0.25) is 0 Å². The van der Waals surface area contributed by atoms with Crippen LogP contribution >= 0.6 is 0 Å². The Hall–Kier alpha value is -2.75. The summed E-state index contributed by atoms with van der Waals surface area (Å²) in [5.74, 6) is 0. The largest absolute Gasteiger partial charge is 0.296 e. The number of aldehydes is 1. The normalized spacial score (nSPS) is 10.7. The molecular formula is C19H19N3O. The number of carbonyl (C=O) groups excluding carboxylic acids is 1. The van der Waals surface area contributed by atoms with Crippen LogP contribution in [0.15, 0.2) is 48.5 Å². The first-order valence-corrected chi connectivity index (χ1v) is 7.70. The highest BCUT2D eigenvalue weighted by Gasteiger charge is 2.13. The molecule has 0 unspecified atom stereocenters. The van der Waals surface area contributed by atoms with Crippen molar-refractivity contribution in [2.75, 3.05) is 0 Å². The first-order chi connectivity index (χ1) is 11.2. The number of rotatable bonds is 5. The van der Waals surface area contributed by atoms with Crippen molar-refractivity contribution in [2.45, 2.75) is 26.7 Å². The topological polar surface area (TPSA) is 47.8 Å². The van der Waals surface area contributed by atoms with Crippen LogP contribution in [-0.4, -0.2) is 21.3 Å². The summed E-state index contributed by atoms with van der Waals surface area (Å²) < 4.78 is 1.77. The van der Waals surface area contributed by atoms with Crippen LogP contribution in [-0.2, 0) is 12.8 Å². The number of aryl methyl sites for hydroxylation is 3. The van der Waals surface area contributed by atoms with Gasteiger partial charge in [-0.1, -0.05) is 47.2 Å². The lowest BCUT2D eigenvalue weighted by Crippen LogP contribution is -2.05. The first kappa shape index (κ1) is 15.2. The first-order valence-electron chi connectivity index (χ1n) is 7.70. The van der Waals surface area contributed by atoms with Gasteiger partial charge in [-0.15, -0.1) is 5.10 Å². The lowest BCUT2D eigenvalue weighted by Gasteiger charge is -2.08. The van der Waals surface area contributed by atoms with E-state index >= 15 is 0 Å². The zero-order chi connectivity index (χ0) is 16.2. The maximum Gasteiger partial charge on any atom is 0.172 e. The Labute approximate surface area is 135 Å². The van der Waals surface area contributed by atoms with Crippen LogP contribution in [0.4, 0.5) is 0 Å². The Balaban J connectivity index is 1.89. The van der Waals surface area contributed by atoms with Crippen molar-refractivity contribution < 1.29 is 4.79 Å². The lowest BCUT2D eigenvalue weighted by atomic mass is 10.1. The van der Waals surface area contributed by atoms with E-state index in [1.807, 2.05) is 31.2 Å². The molecule has 4 heteroatoms. The van der Waals surface area contributed by atoms with Crippen molar-refractivity contribution in [1.29, 1.82) is 0 Å². The van der Waals surface area contributed by atoms with Crippen LogP contribution in [0.1, 0.15) is 32.9 Å². The summed E-state index contributed by atoms with van der Waals surface area (Å²) >= 11 is 0. The minimum absolute atomic E-state index is 0.415. The molecule has 116 valence electrons. The molecule has 0 fully saturated rings. The fourth-order valence-corrected chi connectivity index (χ4v) is 2.62. The minimum atomic E-state index is 0.415. The van der Waals surface area contributed by atoms with Gasteiger partial charge in [-0.2, -0.15) is 0 Å². The molecule has 0 aliphatic heterocycles. The van der Waals surface area contributed by atoms with Crippen LogP contribution in [0.5, 0.6) is 0 Å². The fraction of sp³-hybridized carbons (Fsp3) is 0.211. The smallest absolute Gasteiger partial charge is 0.172 e. The second kappa shape index (κ2) is 6.57.